The van der Waals surface area contributed by atoms with Crippen LogP contribution in [-0.4, -0.2) is 10.2 Å². The van der Waals surface area contributed by atoms with Gasteiger partial charge in [0.05, 0.1) is 0 Å². The summed E-state index contributed by atoms with van der Waals surface area (Å²) >= 11 is 5.30. The van der Waals surface area contributed by atoms with Gasteiger partial charge in [-0.25, -0.2) is 22.0 Å². The molecule has 0 bridgehead atoms. The maximum Gasteiger partial charge on any atom is 0.253 e. The van der Waals surface area contributed by atoms with E-state index in [1.807, 2.05) is 0 Å². The van der Waals surface area contributed by atoms with E-state index in [0.717, 1.165) is 0 Å². The van der Waals surface area contributed by atoms with Gasteiger partial charge in [-0.2, -0.15) is 0 Å². The zero-order valence-corrected chi connectivity index (χ0v) is 9.03. The minimum atomic E-state index is -2.26. The molecular formula is C9H2ClF5N2O. The van der Waals surface area contributed by atoms with Gasteiger partial charge >= 0.3 is 0 Å². The molecule has 0 aliphatic carbocycles. The summed E-state index contributed by atoms with van der Waals surface area (Å²) in [6.07, 6.45) is 0. The molecule has 1 aromatic heterocycles. The highest BCUT2D eigenvalue weighted by Gasteiger charge is 2.29. The van der Waals surface area contributed by atoms with Crippen LogP contribution in [0.5, 0.6) is 0 Å². The van der Waals surface area contributed by atoms with Crippen LogP contribution in [0.25, 0.3) is 11.5 Å². The first-order valence-corrected chi connectivity index (χ1v) is 4.91. The number of nitrogens with zero attached hydrogens (tertiary/aromatic N) is 2. The zero-order chi connectivity index (χ0) is 13.4. The summed E-state index contributed by atoms with van der Waals surface area (Å²) in [5, 5.41) is 6.41. The normalized spacial score (nSPS) is 11.0. The lowest BCUT2D eigenvalue weighted by molar-refractivity contribution is 0.378. The molecule has 0 aliphatic rings. The third-order valence-corrected chi connectivity index (χ3v) is 2.23. The number of aromatic nitrogens is 2. The summed E-state index contributed by atoms with van der Waals surface area (Å²) in [7, 11) is 0. The Labute approximate surface area is 101 Å². The van der Waals surface area contributed by atoms with Crippen LogP contribution < -0.4 is 0 Å². The van der Waals surface area contributed by atoms with Crippen LogP contribution in [-0.2, 0) is 5.88 Å². The van der Waals surface area contributed by atoms with Gasteiger partial charge in [0.25, 0.3) is 5.89 Å². The third kappa shape index (κ3) is 1.82. The van der Waals surface area contributed by atoms with Gasteiger partial charge in [-0.05, 0) is 0 Å². The Hall–Kier alpha value is -1.70. The SMILES string of the molecule is Fc1c(F)c(F)c(-c2nnc(CCl)o2)c(F)c1F. The lowest BCUT2D eigenvalue weighted by Gasteiger charge is -2.04. The van der Waals surface area contributed by atoms with Crippen LogP contribution in [0.2, 0.25) is 0 Å². The van der Waals surface area contributed by atoms with Crippen molar-refractivity contribution in [3.63, 3.8) is 0 Å². The van der Waals surface area contributed by atoms with Crippen molar-refractivity contribution < 1.29 is 26.4 Å². The smallest absolute Gasteiger partial charge is 0.253 e. The van der Waals surface area contributed by atoms with Crippen molar-refractivity contribution >= 4 is 11.6 Å². The summed E-state index contributed by atoms with van der Waals surface area (Å²) in [5.74, 6) is -11.8. The third-order valence-electron chi connectivity index (χ3n) is 2.00. The Morgan fingerprint density at radius 1 is 0.833 bits per heavy atom. The Morgan fingerprint density at radius 3 is 1.78 bits per heavy atom. The summed E-state index contributed by atoms with van der Waals surface area (Å²) in [6, 6.07) is 0. The van der Waals surface area contributed by atoms with Crippen molar-refractivity contribution in [2.75, 3.05) is 0 Å². The van der Waals surface area contributed by atoms with Crippen LogP contribution in [0.1, 0.15) is 5.89 Å². The minimum Gasteiger partial charge on any atom is -0.419 e. The van der Waals surface area contributed by atoms with Crippen molar-refractivity contribution in [2.24, 2.45) is 0 Å². The second kappa shape index (κ2) is 4.52. The van der Waals surface area contributed by atoms with Crippen LogP contribution >= 0.6 is 11.6 Å². The molecule has 0 fully saturated rings. The first kappa shape index (κ1) is 12.7. The average molecular weight is 285 g/mol. The summed E-state index contributed by atoms with van der Waals surface area (Å²) in [5.41, 5.74) is -1.28. The first-order chi connectivity index (χ1) is 8.47. The standard InChI is InChI=1S/C9H2ClF5N2O/c10-1-2-16-17-9(18-2)3-4(11)6(13)8(15)7(14)5(3)12/h1H2. The van der Waals surface area contributed by atoms with Gasteiger partial charge in [-0.15, -0.1) is 21.8 Å². The van der Waals surface area contributed by atoms with E-state index in [4.69, 9.17) is 11.6 Å². The lowest BCUT2D eigenvalue weighted by atomic mass is 10.1. The molecule has 3 nitrogen and oxygen atoms in total. The highest BCUT2D eigenvalue weighted by Crippen LogP contribution is 2.30. The van der Waals surface area contributed by atoms with E-state index < -0.39 is 40.5 Å². The Morgan fingerprint density at radius 2 is 1.33 bits per heavy atom. The Balaban J connectivity index is 2.71. The van der Waals surface area contributed by atoms with Crippen molar-refractivity contribution in [2.45, 2.75) is 5.88 Å². The molecule has 0 unspecified atom stereocenters. The molecule has 96 valence electrons. The predicted molar refractivity (Wildman–Crippen MR) is 49.1 cm³/mol. The van der Waals surface area contributed by atoms with Crippen molar-refractivity contribution in [1.82, 2.24) is 10.2 Å². The van der Waals surface area contributed by atoms with Gasteiger partial charge < -0.3 is 4.42 Å². The molecule has 9 heteroatoms. The van der Waals surface area contributed by atoms with Gasteiger partial charge in [-0.3, -0.25) is 0 Å². The molecule has 0 saturated heterocycles. The van der Waals surface area contributed by atoms with Crippen molar-refractivity contribution in [3.8, 4) is 11.5 Å². The number of benzene rings is 1. The summed E-state index contributed by atoms with van der Waals surface area (Å²) in [6.45, 7) is 0. The fourth-order valence-electron chi connectivity index (χ4n) is 1.20. The maximum atomic E-state index is 13.3. The fourth-order valence-corrected chi connectivity index (χ4v) is 1.31. The lowest BCUT2D eigenvalue weighted by Crippen LogP contribution is -2.04. The van der Waals surface area contributed by atoms with Gasteiger partial charge in [0.2, 0.25) is 11.7 Å². The molecule has 0 radical (unpaired) electrons. The summed E-state index contributed by atoms with van der Waals surface area (Å²) < 4.78 is 69.8. The molecule has 0 amide bonds. The molecule has 2 rings (SSSR count). The van der Waals surface area contributed by atoms with Gasteiger partial charge in [0.1, 0.15) is 11.4 Å². The first-order valence-electron chi connectivity index (χ1n) is 4.37. The minimum absolute atomic E-state index is 0.212. The highest BCUT2D eigenvalue weighted by atomic mass is 35.5. The molecule has 0 N–H and O–H groups in total. The van der Waals surface area contributed by atoms with E-state index in [0.29, 0.717) is 0 Å². The van der Waals surface area contributed by atoms with Crippen LogP contribution in [0.3, 0.4) is 0 Å². The van der Waals surface area contributed by atoms with Crippen molar-refractivity contribution in [1.29, 1.82) is 0 Å². The largest absolute Gasteiger partial charge is 0.419 e. The molecule has 0 atom stereocenters. The van der Waals surface area contributed by atoms with Crippen LogP contribution in [0, 0.1) is 29.1 Å². The average Bonchev–Trinajstić information content (AvgIpc) is 2.83. The maximum absolute atomic E-state index is 13.3. The fraction of sp³-hybridized carbons (Fsp3) is 0.111. The monoisotopic (exact) mass is 284 g/mol. The van der Waals surface area contributed by atoms with Crippen molar-refractivity contribution in [3.05, 3.63) is 35.0 Å². The second-order valence-electron chi connectivity index (χ2n) is 3.08. The highest BCUT2D eigenvalue weighted by molar-refractivity contribution is 6.16. The Bertz CT molecular complexity index is 586. The second-order valence-corrected chi connectivity index (χ2v) is 3.35. The molecule has 1 aromatic carbocycles. The number of rotatable bonds is 2. The molecule has 0 saturated carbocycles. The van der Waals surface area contributed by atoms with E-state index in [-0.39, 0.29) is 11.8 Å². The molecule has 0 aliphatic heterocycles. The van der Waals surface area contributed by atoms with Crippen LogP contribution in [0.15, 0.2) is 4.42 Å². The van der Waals surface area contributed by atoms with Crippen LogP contribution in [0.4, 0.5) is 22.0 Å². The summed E-state index contributed by atoms with van der Waals surface area (Å²) in [4.78, 5) is 0. The van der Waals surface area contributed by atoms with E-state index >= 15 is 0 Å². The van der Waals surface area contributed by atoms with E-state index in [1.165, 1.54) is 0 Å². The topological polar surface area (TPSA) is 38.9 Å². The number of hydrogen-bond acceptors (Lipinski definition) is 3. The molecule has 1 heterocycles. The van der Waals surface area contributed by atoms with Gasteiger partial charge in [0, 0.05) is 0 Å². The van der Waals surface area contributed by atoms with E-state index in [9.17, 15) is 22.0 Å². The van der Waals surface area contributed by atoms with Gasteiger partial charge in [0.15, 0.2) is 23.3 Å². The van der Waals surface area contributed by atoms with Gasteiger partial charge in [-0.1, -0.05) is 0 Å². The predicted octanol–water partition coefficient (Wildman–Crippen LogP) is 3.17. The quantitative estimate of drug-likeness (QED) is 0.368. The molecule has 0 spiro atoms. The zero-order valence-electron chi connectivity index (χ0n) is 8.28. The molecular weight excluding hydrogens is 283 g/mol. The van der Waals surface area contributed by atoms with E-state index in [1.54, 1.807) is 0 Å². The molecule has 2 aromatic rings. The van der Waals surface area contributed by atoms with E-state index in [2.05, 4.69) is 14.6 Å². The number of halogens is 6. The molecule has 18 heavy (non-hydrogen) atoms. The number of alkyl halides is 1. The number of hydrogen-bond donors (Lipinski definition) is 0. The Kier molecular flexibility index (Phi) is 3.20.